The first kappa shape index (κ1) is 11.0. The van der Waals surface area contributed by atoms with E-state index in [4.69, 9.17) is 5.73 Å². The minimum Gasteiger partial charge on any atom is -0.398 e. The molecule has 2 nitrogen and oxygen atoms in total. The number of nitrogens with two attached hydrogens (primary N) is 1. The summed E-state index contributed by atoms with van der Waals surface area (Å²) in [4.78, 5) is 0. The summed E-state index contributed by atoms with van der Waals surface area (Å²) in [6, 6.07) is 6.07. The van der Waals surface area contributed by atoms with Crippen LogP contribution in [0.1, 0.15) is 24.8 Å². The number of halogens is 1. The molecular weight excluding hydrogens is 252 g/mol. The Morgan fingerprint density at radius 1 is 1.40 bits per heavy atom. The molecule has 1 fully saturated rings. The van der Waals surface area contributed by atoms with Crippen LogP contribution in [0.3, 0.4) is 0 Å². The monoisotopic (exact) mass is 268 g/mol. The zero-order valence-electron chi connectivity index (χ0n) is 8.80. The number of hydrogen-bond donors (Lipinski definition) is 2. The van der Waals surface area contributed by atoms with Crippen molar-refractivity contribution in [2.45, 2.75) is 25.8 Å². The van der Waals surface area contributed by atoms with Crippen LogP contribution in [-0.2, 0) is 6.54 Å². The average molecular weight is 269 g/mol. The van der Waals surface area contributed by atoms with Gasteiger partial charge >= 0.3 is 0 Å². The molecule has 0 unspecified atom stereocenters. The maximum Gasteiger partial charge on any atom is 0.0370 e. The molecule has 3 N–H and O–H groups in total. The van der Waals surface area contributed by atoms with Gasteiger partial charge in [-0.3, -0.25) is 0 Å². The van der Waals surface area contributed by atoms with E-state index in [-0.39, 0.29) is 0 Å². The second-order valence-corrected chi connectivity index (χ2v) is 5.17. The Kier molecular flexibility index (Phi) is 3.65. The lowest BCUT2D eigenvalue weighted by atomic mass is 10.2. The molecule has 82 valence electrons. The molecule has 1 aliphatic carbocycles. The third kappa shape index (κ3) is 3.50. The molecular formula is C12H17BrN2. The van der Waals surface area contributed by atoms with Crippen LogP contribution in [0.25, 0.3) is 0 Å². The second-order valence-electron chi connectivity index (χ2n) is 4.25. The Bertz CT molecular complexity index is 334. The number of nitrogens with one attached hydrogen (secondary N) is 1. The van der Waals surface area contributed by atoms with Crippen LogP contribution in [0.2, 0.25) is 0 Å². The lowest BCUT2D eigenvalue weighted by Crippen LogP contribution is -2.16. The van der Waals surface area contributed by atoms with E-state index >= 15 is 0 Å². The molecule has 0 bridgehead atoms. The van der Waals surface area contributed by atoms with Crippen molar-refractivity contribution >= 4 is 21.6 Å². The van der Waals surface area contributed by atoms with Gasteiger partial charge in [-0.1, -0.05) is 34.8 Å². The van der Waals surface area contributed by atoms with Gasteiger partial charge in [-0.2, -0.15) is 0 Å². The molecule has 1 aliphatic rings. The van der Waals surface area contributed by atoms with Crippen LogP contribution in [0.5, 0.6) is 0 Å². The van der Waals surface area contributed by atoms with E-state index in [1.165, 1.54) is 24.8 Å². The molecule has 0 aliphatic heterocycles. The number of anilines is 1. The minimum absolute atomic E-state index is 0.864. The highest BCUT2D eigenvalue weighted by Gasteiger charge is 2.19. The number of hydrogen-bond acceptors (Lipinski definition) is 2. The molecule has 3 heteroatoms. The predicted octanol–water partition coefficient (Wildman–Crippen LogP) is 2.92. The zero-order chi connectivity index (χ0) is 10.7. The van der Waals surface area contributed by atoms with Gasteiger partial charge in [-0.25, -0.2) is 0 Å². The van der Waals surface area contributed by atoms with Gasteiger partial charge in [0.25, 0.3) is 0 Å². The zero-order valence-corrected chi connectivity index (χ0v) is 10.4. The lowest BCUT2D eigenvalue weighted by Gasteiger charge is -2.07. The van der Waals surface area contributed by atoms with Gasteiger partial charge in [0.1, 0.15) is 0 Å². The van der Waals surface area contributed by atoms with Gasteiger partial charge in [0.2, 0.25) is 0 Å². The molecule has 15 heavy (non-hydrogen) atoms. The van der Waals surface area contributed by atoms with E-state index in [0.29, 0.717) is 0 Å². The fourth-order valence-corrected chi connectivity index (χ4v) is 2.04. The van der Waals surface area contributed by atoms with Gasteiger partial charge in [0.05, 0.1) is 0 Å². The van der Waals surface area contributed by atoms with Crippen molar-refractivity contribution < 1.29 is 0 Å². The number of benzene rings is 1. The third-order valence-corrected chi connectivity index (χ3v) is 3.34. The Hall–Kier alpha value is -0.540. The highest BCUT2D eigenvalue weighted by molar-refractivity contribution is 9.10. The Balaban J connectivity index is 1.76. The molecule has 1 saturated carbocycles. The Labute approximate surface area is 99.4 Å². The summed E-state index contributed by atoms with van der Waals surface area (Å²) in [6.07, 6.45) is 4.18. The van der Waals surface area contributed by atoms with Crippen molar-refractivity contribution in [2.75, 3.05) is 12.3 Å². The van der Waals surface area contributed by atoms with Crippen LogP contribution >= 0.6 is 15.9 Å². The van der Waals surface area contributed by atoms with Crippen molar-refractivity contribution in [1.29, 1.82) is 0 Å². The molecule has 0 heterocycles. The normalized spacial score (nSPS) is 15.5. The molecule has 2 rings (SSSR count). The second kappa shape index (κ2) is 4.99. The first-order valence-electron chi connectivity index (χ1n) is 5.50. The van der Waals surface area contributed by atoms with Gasteiger partial charge in [0.15, 0.2) is 0 Å². The van der Waals surface area contributed by atoms with Crippen molar-refractivity contribution in [3.63, 3.8) is 0 Å². The summed E-state index contributed by atoms with van der Waals surface area (Å²) < 4.78 is 1.04. The van der Waals surface area contributed by atoms with E-state index in [0.717, 1.165) is 29.2 Å². The Morgan fingerprint density at radius 3 is 2.87 bits per heavy atom. The first-order valence-corrected chi connectivity index (χ1v) is 6.29. The molecule has 0 amide bonds. The smallest absolute Gasteiger partial charge is 0.0370 e. The van der Waals surface area contributed by atoms with Crippen molar-refractivity contribution in [3.8, 4) is 0 Å². The van der Waals surface area contributed by atoms with E-state index < -0.39 is 0 Å². The van der Waals surface area contributed by atoms with Crippen LogP contribution < -0.4 is 11.1 Å². The van der Waals surface area contributed by atoms with Gasteiger partial charge in [-0.05, 0) is 36.6 Å². The molecule has 0 spiro atoms. The number of nitrogen functional groups attached to an aromatic ring is 1. The van der Waals surface area contributed by atoms with Crippen LogP contribution in [0.15, 0.2) is 22.7 Å². The van der Waals surface area contributed by atoms with E-state index in [9.17, 15) is 0 Å². The van der Waals surface area contributed by atoms with E-state index in [1.54, 1.807) is 0 Å². The van der Waals surface area contributed by atoms with E-state index in [2.05, 4.69) is 27.3 Å². The van der Waals surface area contributed by atoms with Crippen molar-refractivity contribution in [2.24, 2.45) is 5.92 Å². The molecule has 0 atom stereocenters. The minimum atomic E-state index is 0.864. The van der Waals surface area contributed by atoms with Crippen molar-refractivity contribution in [3.05, 3.63) is 28.2 Å². The first-order chi connectivity index (χ1) is 7.25. The van der Waals surface area contributed by atoms with Crippen molar-refractivity contribution in [1.82, 2.24) is 5.32 Å². The summed E-state index contributed by atoms with van der Waals surface area (Å²) in [5.41, 5.74) is 7.96. The molecule has 0 saturated heterocycles. The Morgan fingerprint density at radius 2 is 2.20 bits per heavy atom. The van der Waals surface area contributed by atoms with Gasteiger partial charge in [-0.15, -0.1) is 0 Å². The SMILES string of the molecule is Nc1cc(Br)ccc1CNCCC1CC1. The van der Waals surface area contributed by atoms with Crippen LogP contribution in [0, 0.1) is 5.92 Å². The maximum absolute atomic E-state index is 5.91. The maximum atomic E-state index is 5.91. The standard InChI is InChI=1S/C12H17BrN2/c13-11-4-3-10(12(14)7-11)8-15-6-5-9-1-2-9/h3-4,7,9,15H,1-2,5-6,8,14H2. The fraction of sp³-hybridized carbons (Fsp3) is 0.500. The van der Waals surface area contributed by atoms with Gasteiger partial charge < -0.3 is 11.1 Å². The molecule has 0 aromatic heterocycles. The number of rotatable bonds is 5. The highest BCUT2D eigenvalue weighted by atomic mass is 79.9. The summed E-state index contributed by atoms with van der Waals surface area (Å²) >= 11 is 3.41. The largest absolute Gasteiger partial charge is 0.398 e. The van der Waals surface area contributed by atoms with E-state index in [1.807, 2.05) is 12.1 Å². The summed E-state index contributed by atoms with van der Waals surface area (Å²) in [5.74, 6) is 1.000. The third-order valence-electron chi connectivity index (χ3n) is 2.85. The summed E-state index contributed by atoms with van der Waals surface area (Å²) in [5, 5.41) is 3.44. The topological polar surface area (TPSA) is 38.0 Å². The summed E-state index contributed by atoms with van der Waals surface area (Å²) in [7, 11) is 0. The highest BCUT2D eigenvalue weighted by Crippen LogP contribution is 2.31. The summed E-state index contributed by atoms with van der Waals surface area (Å²) in [6.45, 7) is 1.99. The quantitative estimate of drug-likeness (QED) is 0.637. The van der Waals surface area contributed by atoms with Crippen LogP contribution in [0.4, 0.5) is 5.69 Å². The molecule has 0 radical (unpaired) electrons. The lowest BCUT2D eigenvalue weighted by molar-refractivity contribution is 0.613. The average Bonchev–Trinajstić information content (AvgIpc) is 2.99. The molecule has 1 aromatic rings. The van der Waals surface area contributed by atoms with Gasteiger partial charge in [0, 0.05) is 16.7 Å². The molecule has 1 aromatic carbocycles. The fourth-order valence-electron chi connectivity index (χ4n) is 1.66. The predicted molar refractivity (Wildman–Crippen MR) is 67.6 cm³/mol. The van der Waals surface area contributed by atoms with Crippen LogP contribution in [-0.4, -0.2) is 6.54 Å².